The fourth-order valence-corrected chi connectivity index (χ4v) is 4.26. The maximum absolute atomic E-state index is 12.8. The average molecular weight is 372 g/mol. The van der Waals surface area contributed by atoms with Gasteiger partial charge in [0.15, 0.2) is 0 Å². The zero-order valence-electron chi connectivity index (χ0n) is 11.9. The highest BCUT2D eigenvalue weighted by Gasteiger charge is 2.45. The van der Waals surface area contributed by atoms with Gasteiger partial charge >= 0.3 is 12.1 Å². The Bertz CT molecular complexity index is 750. The van der Waals surface area contributed by atoms with E-state index in [1.54, 1.807) is 0 Å². The topological polar surface area (TPSA) is 74.7 Å². The fraction of sp³-hybridized carbons (Fsp3) is 0.462. The van der Waals surface area contributed by atoms with E-state index < -0.39 is 38.0 Å². The largest absolute Gasteiger partial charge is 0.481 e. The summed E-state index contributed by atoms with van der Waals surface area (Å²) in [6.07, 6.45) is -4.66. The molecule has 23 heavy (non-hydrogen) atoms. The van der Waals surface area contributed by atoms with Gasteiger partial charge in [-0.1, -0.05) is 11.6 Å². The van der Waals surface area contributed by atoms with Crippen molar-refractivity contribution in [3.05, 3.63) is 28.8 Å². The van der Waals surface area contributed by atoms with Crippen LogP contribution in [0.2, 0.25) is 5.02 Å². The van der Waals surface area contributed by atoms with Crippen molar-refractivity contribution in [1.29, 1.82) is 0 Å². The van der Waals surface area contributed by atoms with Gasteiger partial charge in [-0.2, -0.15) is 17.5 Å². The maximum atomic E-state index is 12.8. The quantitative estimate of drug-likeness (QED) is 0.886. The van der Waals surface area contributed by atoms with Gasteiger partial charge in [0.1, 0.15) is 0 Å². The Morgan fingerprint density at radius 1 is 1.35 bits per heavy atom. The summed E-state index contributed by atoms with van der Waals surface area (Å²) in [6, 6.07) is 2.05. The molecule has 1 heterocycles. The van der Waals surface area contributed by atoms with E-state index in [9.17, 15) is 26.4 Å². The molecule has 2 rings (SSSR count). The lowest BCUT2D eigenvalue weighted by atomic mass is 9.90. The molecule has 1 aromatic carbocycles. The average Bonchev–Trinajstić information content (AvgIpc) is 2.82. The van der Waals surface area contributed by atoms with E-state index in [4.69, 9.17) is 16.7 Å². The molecule has 0 aliphatic carbocycles. The highest BCUT2D eigenvalue weighted by atomic mass is 35.5. The lowest BCUT2D eigenvalue weighted by Gasteiger charge is -2.20. The van der Waals surface area contributed by atoms with Gasteiger partial charge in [-0.05, 0) is 31.5 Å². The van der Waals surface area contributed by atoms with E-state index in [0.29, 0.717) is 12.1 Å². The summed E-state index contributed by atoms with van der Waals surface area (Å²) in [5.41, 5.74) is -2.44. The van der Waals surface area contributed by atoms with Crippen LogP contribution < -0.4 is 0 Å². The van der Waals surface area contributed by atoms with Gasteiger partial charge in [-0.3, -0.25) is 4.79 Å². The third-order valence-electron chi connectivity index (χ3n) is 3.79. The molecule has 1 aliphatic rings. The molecule has 1 atom stereocenters. The van der Waals surface area contributed by atoms with Crippen molar-refractivity contribution in [2.45, 2.75) is 24.4 Å². The van der Waals surface area contributed by atoms with Crippen molar-refractivity contribution in [3.8, 4) is 0 Å². The van der Waals surface area contributed by atoms with E-state index >= 15 is 0 Å². The van der Waals surface area contributed by atoms with Crippen LogP contribution in [0.25, 0.3) is 0 Å². The second-order valence-corrected chi connectivity index (χ2v) is 8.00. The minimum Gasteiger partial charge on any atom is -0.481 e. The van der Waals surface area contributed by atoms with E-state index in [0.717, 1.165) is 10.4 Å². The predicted molar refractivity (Wildman–Crippen MR) is 75.6 cm³/mol. The first-order valence-corrected chi connectivity index (χ1v) is 8.29. The van der Waals surface area contributed by atoms with Gasteiger partial charge in [0.25, 0.3) is 0 Å². The Balaban J connectivity index is 2.42. The van der Waals surface area contributed by atoms with Crippen molar-refractivity contribution < 1.29 is 31.5 Å². The normalized spacial score (nSPS) is 23.2. The van der Waals surface area contributed by atoms with Crippen LogP contribution in [0.15, 0.2) is 23.1 Å². The zero-order valence-corrected chi connectivity index (χ0v) is 13.5. The fourth-order valence-electron chi connectivity index (χ4n) is 2.32. The Kier molecular flexibility index (Phi) is 4.42. The first-order chi connectivity index (χ1) is 10.4. The molecule has 0 saturated carbocycles. The van der Waals surface area contributed by atoms with Gasteiger partial charge in [0.05, 0.1) is 15.9 Å². The standard InChI is InChI=1S/C13H13ClF3NO4S/c1-12(11(19)20)2-3-18(7-12)23(21,22)10-5-8(13(15,16)17)4-9(14)6-10/h4-6H,2-3,7H2,1H3,(H,19,20). The van der Waals surface area contributed by atoms with Gasteiger partial charge in [-0.25, -0.2) is 8.42 Å². The number of alkyl halides is 3. The third-order valence-corrected chi connectivity index (χ3v) is 5.83. The highest BCUT2D eigenvalue weighted by molar-refractivity contribution is 7.89. The van der Waals surface area contributed by atoms with Crippen LogP contribution in [0.4, 0.5) is 13.2 Å². The number of benzene rings is 1. The van der Waals surface area contributed by atoms with Crippen LogP contribution in [0.1, 0.15) is 18.9 Å². The van der Waals surface area contributed by atoms with E-state index in [1.807, 2.05) is 0 Å². The minimum absolute atomic E-state index is 0.0776. The summed E-state index contributed by atoms with van der Waals surface area (Å²) in [5, 5.41) is 8.77. The summed E-state index contributed by atoms with van der Waals surface area (Å²) < 4.78 is 64.2. The van der Waals surface area contributed by atoms with E-state index in [-0.39, 0.29) is 24.5 Å². The number of hydrogen-bond acceptors (Lipinski definition) is 3. The van der Waals surface area contributed by atoms with Crippen molar-refractivity contribution >= 4 is 27.6 Å². The number of nitrogens with zero attached hydrogens (tertiary/aromatic N) is 1. The van der Waals surface area contributed by atoms with Gasteiger partial charge < -0.3 is 5.11 Å². The van der Waals surface area contributed by atoms with Gasteiger partial charge in [-0.15, -0.1) is 0 Å². The van der Waals surface area contributed by atoms with E-state index in [1.165, 1.54) is 6.92 Å². The van der Waals surface area contributed by atoms with Crippen LogP contribution in [0.3, 0.4) is 0 Å². The molecule has 1 aliphatic heterocycles. The molecule has 0 radical (unpaired) electrons. The third kappa shape index (κ3) is 3.46. The molecular weight excluding hydrogens is 359 g/mol. The second kappa shape index (κ2) is 5.64. The maximum Gasteiger partial charge on any atom is 0.416 e. The van der Waals surface area contributed by atoms with Crippen molar-refractivity contribution in [1.82, 2.24) is 4.31 Å². The number of carboxylic acid groups (broad SMARTS) is 1. The molecular formula is C13H13ClF3NO4S. The number of hydrogen-bond donors (Lipinski definition) is 1. The molecule has 0 amide bonds. The molecule has 1 saturated heterocycles. The SMILES string of the molecule is CC1(C(=O)O)CCN(S(=O)(=O)c2cc(Cl)cc(C(F)(F)F)c2)C1. The molecule has 1 N–H and O–H groups in total. The Morgan fingerprint density at radius 3 is 2.43 bits per heavy atom. The summed E-state index contributed by atoms with van der Waals surface area (Å²) in [7, 11) is -4.26. The molecule has 1 aromatic rings. The number of rotatable bonds is 3. The lowest BCUT2D eigenvalue weighted by Crippen LogP contribution is -2.35. The van der Waals surface area contributed by atoms with Crippen molar-refractivity contribution in [2.24, 2.45) is 5.41 Å². The van der Waals surface area contributed by atoms with Gasteiger partial charge in [0, 0.05) is 18.1 Å². The molecule has 0 spiro atoms. The summed E-state index contributed by atoms with van der Waals surface area (Å²) in [4.78, 5) is 10.6. The molecule has 1 unspecified atom stereocenters. The number of carbonyl (C=O) groups is 1. The number of halogens is 4. The van der Waals surface area contributed by atoms with Crippen LogP contribution >= 0.6 is 11.6 Å². The highest BCUT2D eigenvalue weighted by Crippen LogP contribution is 2.37. The smallest absolute Gasteiger partial charge is 0.416 e. The molecule has 128 valence electrons. The predicted octanol–water partition coefficient (Wildman–Crippen LogP) is 2.84. The zero-order chi connectivity index (χ0) is 17.6. The van der Waals surface area contributed by atoms with Crippen LogP contribution in [-0.2, 0) is 21.0 Å². The Morgan fingerprint density at radius 2 is 1.96 bits per heavy atom. The first kappa shape index (κ1) is 18.0. The number of aliphatic carboxylic acids is 1. The summed E-state index contributed by atoms with van der Waals surface area (Å²) >= 11 is 5.60. The van der Waals surface area contributed by atoms with Crippen molar-refractivity contribution in [2.75, 3.05) is 13.1 Å². The summed E-state index contributed by atoms with van der Waals surface area (Å²) in [6.45, 7) is 1.00. The lowest BCUT2D eigenvalue weighted by molar-refractivity contribution is -0.147. The molecule has 0 bridgehead atoms. The van der Waals surface area contributed by atoms with Crippen LogP contribution in [0.5, 0.6) is 0 Å². The monoisotopic (exact) mass is 371 g/mol. The minimum atomic E-state index is -4.74. The Labute approximate surface area is 135 Å². The first-order valence-electron chi connectivity index (χ1n) is 6.48. The molecule has 10 heteroatoms. The van der Waals surface area contributed by atoms with E-state index in [2.05, 4.69) is 0 Å². The van der Waals surface area contributed by atoms with Gasteiger partial charge in [0.2, 0.25) is 10.0 Å². The molecule has 1 fully saturated rings. The number of sulfonamides is 1. The molecule has 5 nitrogen and oxygen atoms in total. The Hall–Kier alpha value is -1.32. The molecule has 0 aromatic heterocycles. The van der Waals surface area contributed by atoms with Crippen molar-refractivity contribution in [3.63, 3.8) is 0 Å². The van der Waals surface area contributed by atoms with Crippen LogP contribution in [-0.4, -0.2) is 36.9 Å². The van der Waals surface area contributed by atoms with Crippen LogP contribution in [0, 0.1) is 5.41 Å². The summed E-state index contributed by atoms with van der Waals surface area (Å²) in [5.74, 6) is -1.16. The second-order valence-electron chi connectivity index (χ2n) is 5.63. The number of carboxylic acids is 1.